The van der Waals surface area contributed by atoms with Gasteiger partial charge in [-0.1, -0.05) is 0 Å². The number of sulfone groups is 1. The van der Waals surface area contributed by atoms with Gasteiger partial charge in [-0.25, -0.2) is 8.42 Å². The minimum Gasteiger partial charge on any atom is -0.378 e. The molecule has 0 aliphatic heterocycles. The van der Waals surface area contributed by atoms with E-state index in [0.717, 1.165) is 6.26 Å². The molecular formula is C10H11N3O4S. The third kappa shape index (κ3) is 4.03. The van der Waals surface area contributed by atoms with Crippen molar-refractivity contribution in [1.29, 1.82) is 5.26 Å². The largest absolute Gasteiger partial charge is 0.378 e. The number of hydrogen-bond acceptors (Lipinski definition) is 6. The number of anilines is 1. The summed E-state index contributed by atoms with van der Waals surface area (Å²) in [7, 11) is -3.14. The van der Waals surface area contributed by atoms with E-state index < -0.39 is 14.8 Å². The van der Waals surface area contributed by atoms with E-state index in [1.165, 1.54) is 18.2 Å². The summed E-state index contributed by atoms with van der Waals surface area (Å²) in [4.78, 5) is 10.2. The van der Waals surface area contributed by atoms with E-state index in [-0.39, 0.29) is 29.2 Å². The number of nitriles is 1. The summed E-state index contributed by atoms with van der Waals surface area (Å²) >= 11 is 0. The standard InChI is InChI=1S/C10H11N3O4S/c1-18(16,17)5-4-12-9-6-8(7-11)2-3-10(9)13(14)15/h2-3,6,12H,4-5H2,1H3. The molecule has 0 unspecified atom stereocenters. The molecule has 0 bridgehead atoms. The fourth-order valence-corrected chi connectivity index (χ4v) is 1.75. The zero-order valence-corrected chi connectivity index (χ0v) is 10.4. The lowest BCUT2D eigenvalue weighted by molar-refractivity contribution is -0.384. The molecule has 96 valence electrons. The van der Waals surface area contributed by atoms with Crippen LogP contribution in [0, 0.1) is 21.4 Å². The summed E-state index contributed by atoms with van der Waals surface area (Å²) in [5.41, 5.74) is 0.215. The summed E-state index contributed by atoms with van der Waals surface area (Å²) < 4.78 is 21.9. The van der Waals surface area contributed by atoms with Crippen LogP contribution in [0.25, 0.3) is 0 Å². The van der Waals surface area contributed by atoms with E-state index >= 15 is 0 Å². The van der Waals surface area contributed by atoms with Crippen molar-refractivity contribution in [3.8, 4) is 6.07 Å². The van der Waals surface area contributed by atoms with Gasteiger partial charge >= 0.3 is 0 Å². The summed E-state index contributed by atoms with van der Waals surface area (Å²) in [5, 5.41) is 22.1. The van der Waals surface area contributed by atoms with Gasteiger partial charge in [-0.05, 0) is 12.1 Å². The topological polar surface area (TPSA) is 113 Å². The summed E-state index contributed by atoms with van der Waals surface area (Å²) in [6.07, 6.45) is 1.08. The normalized spacial score (nSPS) is 10.7. The zero-order valence-electron chi connectivity index (χ0n) is 9.58. The number of nitrogens with zero attached hydrogens (tertiary/aromatic N) is 2. The molecule has 0 aliphatic rings. The first kappa shape index (κ1) is 13.9. The molecule has 8 heteroatoms. The van der Waals surface area contributed by atoms with Crippen molar-refractivity contribution in [2.24, 2.45) is 0 Å². The van der Waals surface area contributed by atoms with Crippen LogP contribution in [0.1, 0.15) is 5.56 Å². The lowest BCUT2D eigenvalue weighted by Crippen LogP contribution is -2.14. The molecule has 1 rings (SSSR count). The third-order valence-corrected chi connectivity index (χ3v) is 3.06. The monoisotopic (exact) mass is 269 g/mol. The summed E-state index contributed by atoms with van der Waals surface area (Å²) in [6.45, 7) is 0.0502. The van der Waals surface area contributed by atoms with Crippen LogP contribution in [0.3, 0.4) is 0 Å². The second kappa shape index (κ2) is 5.46. The molecule has 1 aromatic rings. The van der Waals surface area contributed by atoms with Gasteiger partial charge in [0.1, 0.15) is 15.5 Å². The Morgan fingerprint density at radius 3 is 2.67 bits per heavy atom. The summed E-state index contributed by atoms with van der Waals surface area (Å²) in [5.74, 6) is -0.138. The van der Waals surface area contributed by atoms with Crippen LogP contribution in [0.4, 0.5) is 11.4 Å². The van der Waals surface area contributed by atoms with Crippen molar-refractivity contribution in [3.05, 3.63) is 33.9 Å². The SMILES string of the molecule is CS(=O)(=O)CCNc1cc(C#N)ccc1[N+](=O)[O-]. The van der Waals surface area contributed by atoms with Crippen LogP contribution in [-0.4, -0.2) is 31.9 Å². The molecule has 0 atom stereocenters. The van der Waals surface area contributed by atoms with E-state index in [9.17, 15) is 18.5 Å². The number of hydrogen-bond donors (Lipinski definition) is 1. The van der Waals surface area contributed by atoms with Crippen molar-refractivity contribution < 1.29 is 13.3 Å². The van der Waals surface area contributed by atoms with Gasteiger partial charge < -0.3 is 5.32 Å². The van der Waals surface area contributed by atoms with Crippen molar-refractivity contribution in [1.82, 2.24) is 0 Å². The molecule has 0 saturated heterocycles. The lowest BCUT2D eigenvalue weighted by Gasteiger charge is -2.06. The molecule has 1 aromatic carbocycles. The highest BCUT2D eigenvalue weighted by molar-refractivity contribution is 7.90. The number of nitro groups is 1. The highest BCUT2D eigenvalue weighted by Crippen LogP contribution is 2.24. The zero-order chi connectivity index (χ0) is 13.8. The first-order valence-corrected chi connectivity index (χ1v) is 6.99. The van der Waals surface area contributed by atoms with Crippen molar-refractivity contribution >= 4 is 21.2 Å². The van der Waals surface area contributed by atoms with Crippen LogP contribution in [0.5, 0.6) is 0 Å². The minimum atomic E-state index is -3.14. The van der Waals surface area contributed by atoms with Crippen LogP contribution in [0.2, 0.25) is 0 Å². The van der Waals surface area contributed by atoms with Crippen LogP contribution in [0.15, 0.2) is 18.2 Å². The molecule has 0 fully saturated rings. The summed E-state index contributed by atoms with van der Waals surface area (Å²) in [6, 6.07) is 5.72. The van der Waals surface area contributed by atoms with Crippen molar-refractivity contribution in [2.75, 3.05) is 23.9 Å². The molecule has 0 aromatic heterocycles. The molecule has 1 N–H and O–H groups in total. The fourth-order valence-electron chi connectivity index (χ4n) is 1.28. The van der Waals surface area contributed by atoms with E-state index in [1.54, 1.807) is 0 Å². The number of rotatable bonds is 5. The maximum absolute atomic E-state index is 10.9. The predicted octanol–water partition coefficient (Wildman–Crippen LogP) is 0.923. The average Bonchev–Trinajstić information content (AvgIpc) is 2.26. The predicted molar refractivity (Wildman–Crippen MR) is 66.0 cm³/mol. The molecular weight excluding hydrogens is 258 g/mol. The van der Waals surface area contributed by atoms with Gasteiger partial charge in [-0.15, -0.1) is 0 Å². The first-order valence-electron chi connectivity index (χ1n) is 4.93. The molecule has 18 heavy (non-hydrogen) atoms. The van der Waals surface area contributed by atoms with E-state index in [2.05, 4.69) is 5.32 Å². The maximum atomic E-state index is 10.9. The van der Waals surface area contributed by atoms with Gasteiger partial charge in [0.2, 0.25) is 0 Å². The average molecular weight is 269 g/mol. The van der Waals surface area contributed by atoms with Crippen molar-refractivity contribution in [3.63, 3.8) is 0 Å². The minimum absolute atomic E-state index is 0.0502. The van der Waals surface area contributed by atoms with Crippen LogP contribution >= 0.6 is 0 Å². The van der Waals surface area contributed by atoms with Crippen molar-refractivity contribution in [2.45, 2.75) is 0 Å². The Bertz CT molecular complexity index is 604. The maximum Gasteiger partial charge on any atom is 0.292 e. The van der Waals surface area contributed by atoms with E-state index in [0.29, 0.717) is 0 Å². The quantitative estimate of drug-likeness (QED) is 0.628. The van der Waals surface area contributed by atoms with Gasteiger partial charge in [0.15, 0.2) is 0 Å². The van der Waals surface area contributed by atoms with Gasteiger partial charge in [-0.2, -0.15) is 5.26 Å². The van der Waals surface area contributed by atoms with Crippen LogP contribution in [-0.2, 0) is 9.84 Å². The lowest BCUT2D eigenvalue weighted by atomic mass is 10.2. The van der Waals surface area contributed by atoms with Gasteiger partial charge in [0.05, 0.1) is 22.3 Å². The second-order valence-corrected chi connectivity index (χ2v) is 5.92. The van der Waals surface area contributed by atoms with Gasteiger partial charge in [0.25, 0.3) is 5.69 Å². The first-order chi connectivity index (χ1) is 8.33. The van der Waals surface area contributed by atoms with Gasteiger partial charge in [-0.3, -0.25) is 10.1 Å². The van der Waals surface area contributed by atoms with Crippen LogP contribution < -0.4 is 5.32 Å². The number of benzene rings is 1. The Labute approximate surface area is 104 Å². The molecule has 0 spiro atoms. The van der Waals surface area contributed by atoms with E-state index in [1.807, 2.05) is 6.07 Å². The smallest absolute Gasteiger partial charge is 0.292 e. The molecule has 0 saturated carbocycles. The Hall–Kier alpha value is -2.14. The fraction of sp³-hybridized carbons (Fsp3) is 0.300. The molecule has 0 radical (unpaired) electrons. The van der Waals surface area contributed by atoms with Gasteiger partial charge in [0, 0.05) is 18.9 Å². The Balaban J connectivity index is 2.92. The Morgan fingerprint density at radius 2 is 2.17 bits per heavy atom. The number of nitro benzene ring substituents is 1. The molecule has 7 nitrogen and oxygen atoms in total. The molecule has 0 aliphatic carbocycles. The Morgan fingerprint density at radius 1 is 1.50 bits per heavy atom. The second-order valence-electron chi connectivity index (χ2n) is 3.66. The highest BCUT2D eigenvalue weighted by atomic mass is 32.2. The Kier molecular flexibility index (Phi) is 4.23. The molecule has 0 amide bonds. The highest BCUT2D eigenvalue weighted by Gasteiger charge is 2.14. The van der Waals surface area contributed by atoms with E-state index in [4.69, 9.17) is 5.26 Å². The number of nitrogens with one attached hydrogen (secondary N) is 1. The third-order valence-electron chi connectivity index (χ3n) is 2.11. The molecule has 0 heterocycles.